The standard InChI is InChI=1S/C15H29N2O8P/c1-9(2)10(16-14(20)25-15(3,4)5)11(18)17-12(13(19)22-6)26(21,23-7)24-8/h9-10,12H,1-8H3,(H,16,20)(H,17,18)/t10-,12?/m0/s1. The van der Waals surface area contributed by atoms with Gasteiger partial charge in [0.15, 0.2) is 0 Å². The van der Waals surface area contributed by atoms with Gasteiger partial charge in [-0.05, 0) is 26.7 Å². The fraction of sp³-hybridized carbons (Fsp3) is 0.800. The molecule has 2 N–H and O–H groups in total. The maximum Gasteiger partial charge on any atom is 0.408 e. The van der Waals surface area contributed by atoms with Gasteiger partial charge in [0.1, 0.15) is 11.6 Å². The highest BCUT2D eigenvalue weighted by molar-refractivity contribution is 7.55. The van der Waals surface area contributed by atoms with Crippen LogP contribution >= 0.6 is 7.60 Å². The van der Waals surface area contributed by atoms with E-state index in [1.54, 1.807) is 34.6 Å². The maximum atomic E-state index is 12.6. The second kappa shape index (κ2) is 9.89. The molecular weight excluding hydrogens is 367 g/mol. The van der Waals surface area contributed by atoms with Gasteiger partial charge in [-0.3, -0.25) is 9.36 Å². The lowest BCUT2D eigenvalue weighted by atomic mass is 10.0. The summed E-state index contributed by atoms with van der Waals surface area (Å²) >= 11 is 0. The Morgan fingerprint density at radius 2 is 1.46 bits per heavy atom. The monoisotopic (exact) mass is 396 g/mol. The summed E-state index contributed by atoms with van der Waals surface area (Å²) in [4.78, 5) is 36.5. The maximum absolute atomic E-state index is 12.6. The third kappa shape index (κ3) is 7.31. The molecule has 0 aliphatic carbocycles. The van der Waals surface area contributed by atoms with Gasteiger partial charge in [-0.15, -0.1) is 0 Å². The summed E-state index contributed by atoms with van der Waals surface area (Å²) in [6.07, 6.45) is -0.803. The summed E-state index contributed by atoms with van der Waals surface area (Å²) in [5, 5.41) is 4.69. The Hall–Kier alpha value is -1.64. The van der Waals surface area contributed by atoms with Crippen molar-refractivity contribution in [2.24, 2.45) is 5.92 Å². The molecule has 0 heterocycles. The molecule has 0 fully saturated rings. The van der Waals surface area contributed by atoms with Crippen LogP contribution in [0, 0.1) is 5.92 Å². The van der Waals surface area contributed by atoms with Gasteiger partial charge < -0.3 is 29.2 Å². The molecule has 26 heavy (non-hydrogen) atoms. The van der Waals surface area contributed by atoms with E-state index in [2.05, 4.69) is 15.4 Å². The quantitative estimate of drug-likeness (QED) is 0.468. The minimum absolute atomic E-state index is 0.356. The molecule has 0 saturated carbocycles. The summed E-state index contributed by atoms with van der Waals surface area (Å²) in [6.45, 7) is 8.40. The Labute approximate surface area is 153 Å². The van der Waals surface area contributed by atoms with Gasteiger partial charge in [0.2, 0.25) is 11.7 Å². The fourth-order valence-electron chi connectivity index (χ4n) is 1.86. The van der Waals surface area contributed by atoms with E-state index in [0.717, 1.165) is 21.3 Å². The first-order valence-electron chi connectivity index (χ1n) is 7.90. The van der Waals surface area contributed by atoms with Gasteiger partial charge in [0.25, 0.3) is 0 Å². The van der Waals surface area contributed by atoms with Gasteiger partial charge >= 0.3 is 19.7 Å². The molecule has 0 aromatic heterocycles. The third-order valence-corrected chi connectivity index (χ3v) is 5.14. The van der Waals surface area contributed by atoms with Crippen molar-refractivity contribution in [3.63, 3.8) is 0 Å². The summed E-state index contributed by atoms with van der Waals surface area (Å²) < 4.78 is 31.7. The number of nitrogens with one attached hydrogen (secondary N) is 2. The summed E-state index contributed by atoms with van der Waals surface area (Å²) in [5.41, 5.74) is -0.752. The summed E-state index contributed by atoms with van der Waals surface area (Å²) in [6, 6.07) is -1.06. The fourth-order valence-corrected chi connectivity index (χ4v) is 3.08. The van der Waals surface area contributed by atoms with Gasteiger partial charge in [-0.2, -0.15) is 0 Å². The van der Waals surface area contributed by atoms with E-state index >= 15 is 0 Å². The molecule has 11 heteroatoms. The third-order valence-electron chi connectivity index (χ3n) is 3.15. The predicted molar refractivity (Wildman–Crippen MR) is 93.6 cm³/mol. The molecular formula is C15H29N2O8P. The first-order valence-corrected chi connectivity index (χ1v) is 9.51. The van der Waals surface area contributed by atoms with Crippen LogP contribution in [0.4, 0.5) is 4.79 Å². The first kappa shape index (κ1) is 24.4. The minimum atomic E-state index is -4.01. The van der Waals surface area contributed by atoms with Crippen molar-refractivity contribution < 1.29 is 37.5 Å². The molecule has 0 spiro atoms. The zero-order chi connectivity index (χ0) is 20.7. The van der Waals surface area contributed by atoms with Gasteiger partial charge in [-0.1, -0.05) is 13.8 Å². The molecule has 1 unspecified atom stereocenters. The Morgan fingerprint density at radius 3 is 1.81 bits per heavy atom. The average Bonchev–Trinajstić information content (AvgIpc) is 2.54. The van der Waals surface area contributed by atoms with Crippen LogP contribution in [0.1, 0.15) is 34.6 Å². The lowest BCUT2D eigenvalue weighted by Gasteiger charge is -2.28. The van der Waals surface area contributed by atoms with E-state index < -0.39 is 43.0 Å². The second-order valence-electron chi connectivity index (χ2n) is 6.71. The molecule has 0 bridgehead atoms. The largest absolute Gasteiger partial charge is 0.467 e. The van der Waals surface area contributed by atoms with Crippen LogP contribution in [0.25, 0.3) is 0 Å². The molecule has 2 amide bonds. The van der Waals surface area contributed by atoms with Crippen molar-refractivity contribution in [2.75, 3.05) is 21.3 Å². The van der Waals surface area contributed by atoms with E-state index in [0.29, 0.717) is 0 Å². The van der Waals surface area contributed by atoms with Crippen LogP contribution in [0.3, 0.4) is 0 Å². The highest BCUT2D eigenvalue weighted by Crippen LogP contribution is 2.50. The van der Waals surface area contributed by atoms with Crippen LogP contribution < -0.4 is 10.6 Å². The molecule has 10 nitrogen and oxygen atoms in total. The van der Waals surface area contributed by atoms with Gasteiger partial charge in [0.05, 0.1) is 7.11 Å². The minimum Gasteiger partial charge on any atom is -0.467 e. The number of esters is 1. The zero-order valence-electron chi connectivity index (χ0n) is 16.4. The second-order valence-corrected chi connectivity index (χ2v) is 9.03. The Bertz CT molecular complexity index is 550. The van der Waals surface area contributed by atoms with Crippen molar-refractivity contribution in [1.29, 1.82) is 0 Å². The molecule has 0 aromatic carbocycles. The smallest absolute Gasteiger partial charge is 0.408 e. The summed E-state index contributed by atoms with van der Waals surface area (Å²) in [5.74, 6) is -3.82. The zero-order valence-corrected chi connectivity index (χ0v) is 17.3. The van der Waals surface area contributed by atoms with Crippen LogP contribution in [0.15, 0.2) is 0 Å². The van der Waals surface area contributed by atoms with Crippen molar-refractivity contribution in [3.05, 3.63) is 0 Å². The number of rotatable bonds is 8. The molecule has 0 aliphatic rings. The van der Waals surface area contributed by atoms with Gasteiger partial charge in [-0.25, -0.2) is 9.59 Å². The van der Waals surface area contributed by atoms with E-state index in [1.807, 2.05) is 0 Å². The lowest BCUT2D eigenvalue weighted by molar-refractivity contribution is -0.143. The van der Waals surface area contributed by atoms with E-state index in [1.165, 1.54) is 0 Å². The molecule has 0 saturated heterocycles. The van der Waals surface area contributed by atoms with E-state index in [4.69, 9.17) is 13.8 Å². The van der Waals surface area contributed by atoms with Crippen molar-refractivity contribution >= 4 is 25.6 Å². The number of ether oxygens (including phenoxy) is 2. The molecule has 2 atom stereocenters. The summed E-state index contributed by atoms with van der Waals surface area (Å²) in [7, 11) is -0.791. The topological polar surface area (TPSA) is 129 Å². The SMILES string of the molecule is COC(=O)C(NC(=O)[C@@H](NC(=O)OC(C)(C)C)C(C)C)P(=O)(OC)OC. The van der Waals surface area contributed by atoms with Crippen molar-refractivity contribution in [3.8, 4) is 0 Å². The normalized spacial score (nSPS) is 14.3. The predicted octanol–water partition coefficient (Wildman–Crippen LogP) is 1.64. The molecule has 152 valence electrons. The Balaban J connectivity index is 5.42. The molecule has 0 aliphatic heterocycles. The van der Waals surface area contributed by atoms with E-state index in [9.17, 15) is 18.9 Å². The molecule has 0 radical (unpaired) electrons. The molecule has 0 rings (SSSR count). The van der Waals surface area contributed by atoms with Crippen LogP contribution in [0.5, 0.6) is 0 Å². The number of carbonyl (C=O) groups excluding carboxylic acids is 3. The van der Waals surface area contributed by atoms with Crippen LogP contribution in [-0.2, 0) is 32.7 Å². The van der Waals surface area contributed by atoms with Gasteiger partial charge in [0, 0.05) is 14.2 Å². The number of hydrogen-bond donors (Lipinski definition) is 2. The van der Waals surface area contributed by atoms with Crippen LogP contribution in [-0.4, -0.2) is 56.7 Å². The van der Waals surface area contributed by atoms with Crippen molar-refractivity contribution in [2.45, 2.75) is 52.0 Å². The number of carbonyl (C=O) groups is 3. The highest BCUT2D eigenvalue weighted by Gasteiger charge is 2.43. The number of amides is 2. The lowest BCUT2D eigenvalue weighted by Crippen LogP contribution is -2.54. The number of alkyl carbamates (subject to hydrolysis) is 1. The number of methoxy groups -OCH3 is 1. The van der Waals surface area contributed by atoms with Crippen LogP contribution in [0.2, 0.25) is 0 Å². The Morgan fingerprint density at radius 1 is 0.962 bits per heavy atom. The highest BCUT2D eigenvalue weighted by atomic mass is 31.2. The first-order chi connectivity index (χ1) is 11.8. The molecule has 0 aromatic rings. The van der Waals surface area contributed by atoms with Crippen molar-refractivity contribution in [1.82, 2.24) is 10.6 Å². The number of hydrogen-bond acceptors (Lipinski definition) is 8. The van der Waals surface area contributed by atoms with E-state index in [-0.39, 0.29) is 5.92 Å². The Kier molecular flexibility index (Phi) is 9.27. The average molecular weight is 396 g/mol.